The molecule has 0 amide bonds. The second kappa shape index (κ2) is 10.1. The molecule has 1 heterocycles. The second-order valence-electron chi connectivity index (χ2n) is 6.22. The van der Waals surface area contributed by atoms with E-state index in [0.29, 0.717) is 6.54 Å². The fraction of sp³-hybridized carbons (Fsp3) is 0.750. The molecule has 0 bridgehead atoms. The van der Waals surface area contributed by atoms with Crippen molar-refractivity contribution in [2.45, 2.75) is 52.6 Å². The summed E-state index contributed by atoms with van der Waals surface area (Å²) in [6, 6.07) is 0. The monoisotopic (exact) mass is 437 g/mol. The van der Waals surface area contributed by atoms with Gasteiger partial charge < -0.3 is 20.1 Å². The van der Waals surface area contributed by atoms with Gasteiger partial charge in [0.2, 0.25) is 0 Å². The molecule has 1 aromatic rings. The summed E-state index contributed by atoms with van der Waals surface area (Å²) < 4.78 is 5.39. The lowest BCUT2D eigenvalue weighted by molar-refractivity contribution is 0.197. The van der Waals surface area contributed by atoms with Crippen LogP contribution < -0.4 is 10.6 Å². The van der Waals surface area contributed by atoms with Crippen molar-refractivity contribution in [3.8, 4) is 0 Å². The van der Waals surface area contributed by atoms with Gasteiger partial charge in [0.1, 0.15) is 5.76 Å². The molecule has 0 spiro atoms. The summed E-state index contributed by atoms with van der Waals surface area (Å²) in [6.45, 7) is 10.0. The molecular formula is C16H32IN5O. The smallest absolute Gasteiger partial charge is 0.191 e. The number of halogens is 1. The maximum Gasteiger partial charge on any atom is 0.191 e. The van der Waals surface area contributed by atoms with Crippen LogP contribution in [-0.2, 0) is 19.4 Å². The Labute approximate surface area is 157 Å². The highest BCUT2D eigenvalue weighted by molar-refractivity contribution is 14.0. The van der Waals surface area contributed by atoms with Crippen molar-refractivity contribution in [1.29, 1.82) is 0 Å². The van der Waals surface area contributed by atoms with Gasteiger partial charge in [0, 0.05) is 37.7 Å². The highest BCUT2D eigenvalue weighted by Crippen LogP contribution is 2.15. The second-order valence-corrected chi connectivity index (χ2v) is 6.22. The number of nitrogens with zero attached hydrogens (tertiary/aromatic N) is 3. The zero-order chi connectivity index (χ0) is 16.8. The normalized spacial score (nSPS) is 12.3. The topological polar surface area (TPSA) is 65.7 Å². The highest BCUT2D eigenvalue weighted by Gasteiger charge is 2.20. The molecule has 1 aromatic heterocycles. The van der Waals surface area contributed by atoms with Gasteiger partial charge in [-0.2, -0.15) is 0 Å². The minimum absolute atomic E-state index is 0. The van der Waals surface area contributed by atoms with Gasteiger partial charge in [0.25, 0.3) is 0 Å². The van der Waals surface area contributed by atoms with Crippen molar-refractivity contribution in [3.63, 3.8) is 0 Å². The first-order valence-electron chi connectivity index (χ1n) is 7.93. The van der Waals surface area contributed by atoms with Crippen molar-refractivity contribution in [2.75, 3.05) is 27.7 Å². The standard InChI is InChI=1S/C16H31N5O.HI/c1-8-13-12(14(9-2)22-20-13)10-18-15(17-5)19-11-16(3,4)21(6)7;/h8-11H2,1-7H3,(H2,17,18,19);1H. The minimum atomic E-state index is 0. The van der Waals surface area contributed by atoms with Gasteiger partial charge in [-0.05, 0) is 34.4 Å². The Morgan fingerprint density at radius 3 is 2.35 bits per heavy atom. The van der Waals surface area contributed by atoms with Crippen LogP contribution >= 0.6 is 24.0 Å². The van der Waals surface area contributed by atoms with Crippen molar-refractivity contribution < 1.29 is 4.52 Å². The van der Waals surface area contributed by atoms with E-state index in [1.165, 1.54) is 0 Å². The number of rotatable bonds is 7. The number of likely N-dealkylation sites (N-methyl/N-ethyl adjacent to an activating group) is 1. The maximum atomic E-state index is 5.39. The molecule has 7 heteroatoms. The molecule has 0 radical (unpaired) electrons. The molecule has 0 unspecified atom stereocenters. The van der Waals surface area contributed by atoms with E-state index in [9.17, 15) is 0 Å². The molecular weight excluding hydrogens is 405 g/mol. The number of nitrogens with one attached hydrogen (secondary N) is 2. The lowest BCUT2D eigenvalue weighted by Gasteiger charge is -2.33. The summed E-state index contributed by atoms with van der Waals surface area (Å²) in [5.74, 6) is 1.74. The number of aromatic nitrogens is 1. The van der Waals surface area contributed by atoms with Gasteiger partial charge >= 0.3 is 0 Å². The third-order valence-electron chi connectivity index (χ3n) is 4.16. The average molecular weight is 437 g/mol. The van der Waals surface area contributed by atoms with Gasteiger partial charge in [-0.15, -0.1) is 24.0 Å². The maximum absolute atomic E-state index is 5.39. The van der Waals surface area contributed by atoms with Crippen molar-refractivity contribution in [3.05, 3.63) is 17.0 Å². The quantitative estimate of drug-likeness (QED) is 0.390. The molecule has 23 heavy (non-hydrogen) atoms. The molecule has 0 saturated heterocycles. The van der Waals surface area contributed by atoms with E-state index < -0.39 is 0 Å². The van der Waals surface area contributed by atoms with Crippen LogP contribution in [-0.4, -0.2) is 49.2 Å². The van der Waals surface area contributed by atoms with E-state index in [-0.39, 0.29) is 29.5 Å². The van der Waals surface area contributed by atoms with Crippen LogP contribution in [0.2, 0.25) is 0 Å². The van der Waals surface area contributed by atoms with Crippen molar-refractivity contribution in [1.82, 2.24) is 20.7 Å². The molecule has 1 rings (SSSR count). The molecule has 0 aliphatic heterocycles. The fourth-order valence-corrected chi connectivity index (χ4v) is 1.99. The predicted octanol–water partition coefficient (Wildman–Crippen LogP) is 2.42. The van der Waals surface area contributed by atoms with Gasteiger partial charge in [-0.25, -0.2) is 0 Å². The van der Waals surface area contributed by atoms with Crippen LogP contribution in [0.15, 0.2) is 9.52 Å². The zero-order valence-corrected chi connectivity index (χ0v) is 17.8. The molecule has 0 aliphatic carbocycles. The fourth-order valence-electron chi connectivity index (χ4n) is 1.99. The Bertz CT molecular complexity index is 475. The first-order valence-corrected chi connectivity index (χ1v) is 7.93. The van der Waals surface area contributed by atoms with Crippen LogP contribution in [0.25, 0.3) is 0 Å². The lowest BCUT2D eigenvalue weighted by Crippen LogP contribution is -2.50. The van der Waals surface area contributed by atoms with Gasteiger partial charge in [-0.3, -0.25) is 4.99 Å². The Balaban J connectivity index is 0.00000484. The molecule has 0 aromatic carbocycles. The van der Waals surface area contributed by atoms with E-state index in [4.69, 9.17) is 4.52 Å². The zero-order valence-electron chi connectivity index (χ0n) is 15.5. The summed E-state index contributed by atoms with van der Waals surface area (Å²) in [4.78, 5) is 6.48. The van der Waals surface area contributed by atoms with Crippen LogP contribution in [0, 0.1) is 0 Å². The Morgan fingerprint density at radius 2 is 1.87 bits per heavy atom. The van der Waals surface area contributed by atoms with Crippen LogP contribution in [0.4, 0.5) is 0 Å². The summed E-state index contributed by atoms with van der Waals surface area (Å²) in [5, 5.41) is 10.9. The lowest BCUT2D eigenvalue weighted by atomic mass is 10.0. The Morgan fingerprint density at radius 1 is 1.22 bits per heavy atom. The molecule has 2 N–H and O–H groups in total. The van der Waals surface area contributed by atoms with Gasteiger partial charge in [0.05, 0.1) is 5.69 Å². The third kappa shape index (κ3) is 6.29. The largest absolute Gasteiger partial charge is 0.361 e. The number of aryl methyl sites for hydroxylation is 2. The molecule has 134 valence electrons. The van der Waals surface area contributed by atoms with Crippen molar-refractivity contribution >= 4 is 29.9 Å². The Kier molecular flexibility index (Phi) is 9.76. The molecule has 0 aliphatic rings. The number of hydrogen-bond acceptors (Lipinski definition) is 4. The summed E-state index contributed by atoms with van der Waals surface area (Å²) >= 11 is 0. The molecule has 0 saturated carbocycles. The molecule has 6 nitrogen and oxygen atoms in total. The van der Waals surface area contributed by atoms with Gasteiger partial charge in [0.15, 0.2) is 5.96 Å². The number of aliphatic imine (C=N–C) groups is 1. The first kappa shape index (κ1) is 22.2. The van der Waals surface area contributed by atoms with E-state index >= 15 is 0 Å². The van der Waals surface area contributed by atoms with E-state index in [2.05, 4.69) is 67.5 Å². The minimum Gasteiger partial charge on any atom is -0.361 e. The van der Waals surface area contributed by atoms with Crippen LogP contribution in [0.1, 0.15) is 44.7 Å². The first-order chi connectivity index (χ1) is 10.4. The molecule has 0 fully saturated rings. The van der Waals surface area contributed by atoms with E-state index in [0.717, 1.165) is 42.4 Å². The summed E-state index contributed by atoms with van der Waals surface area (Å²) in [6.07, 6.45) is 1.73. The summed E-state index contributed by atoms with van der Waals surface area (Å²) in [7, 11) is 5.94. The van der Waals surface area contributed by atoms with Crippen molar-refractivity contribution in [2.24, 2.45) is 4.99 Å². The molecule has 0 atom stereocenters. The number of hydrogen-bond donors (Lipinski definition) is 2. The van der Waals surface area contributed by atoms with Crippen LogP contribution in [0.5, 0.6) is 0 Å². The average Bonchev–Trinajstić information content (AvgIpc) is 2.89. The summed E-state index contributed by atoms with van der Waals surface area (Å²) in [5.41, 5.74) is 2.23. The van der Waals surface area contributed by atoms with Crippen LogP contribution in [0.3, 0.4) is 0 Å². The highest BCUT2D eigenvalue weighted by atomic mass is 127. The Hall–Kier alpha value is -0.830. The SMILES string of the molecule is CCc1noc(CC)c1CNC(=NC)NCC(C)(C)N(C)C.I. The van der Waals surface area contributed by atoms with E-state index in [1.807, 2.05) is 0 Å². The number of guanidine groups is 1. The van der Waals surface area contributed by atoms with Gasteiger partial charge in [-0.1, -0.05) is 19.0 Å². The predicted molar refractivity (Wildman–Crippen MR) is 107 cm³/mol. The third-order valence-corrected chi connectivity index (χ3v) is 4.16. The van der Waals surface area contributed by atoms with E-state index in [1.54, 1.807) is 7.05 Å².